The molecule has 5 nitrogen and oxygen atoms in total. The van der Waals surface area contributed by atoms with Crippen LogP contribution in [0.5, 0.6) is 0 Å². The Bertz CT molecular complexity index is 793. The first-order chi connectivity index (χ1) is 11.0. The summed E-state index contributed by atoms with van der Waals surface area (Å²) in [6, 6.07) is 1.69. The third-order valence-electron chi connectivity index (χ3n) is 3.81. The van der Waals surface area contributed by atoms with Crippen molar-refractivity contribution < 1.29 is 9.18 Å². The first-order valence-corrected chi connectivity index (χ1v) is 8.43. The Morgan fingerprint density at radius 2 is 2.04 bits per heavy atom. The van der Waals surface area contributed by atoms with E-state index in [0.717, 1.165) is 0 Å². The van der Waals surface area contributed by atoms with Gasteiger partial charge in [-0.15, -0.1) is 0 Å². The second-order valence-electron chi connectivity index (χ2n) is 5.10. The van der Waals surface area contributed by atoms with Crippen LogP contribution in [-0.4, -0.2) is 47.0 Å². The van der Waals surface area contributed by atoms with E-state index in [1.54, 1.807) is 11.0 Å². The molecule has 0 aliphatic carbocycles. The van der Waals surface area contributed by atoms with Gasteiger partial charge in [0.25, 0.3) is 0 Å². The highest BCUT2D eigenvalue weighted by Crippen LogP contribution is 2.32. The number of rotatable bonds is 2. The summed E-state index contributed by atoms with van der Waals surface area (Å²) in [5.41, 5.74) is 0.258. The molecule has 0 bridgehead atoms. The molecule has 0 N–H and O–H groups in total. The number of halogens is 3. The zero-order valence-electron chi connectivity index (χ0n) is 12.1. The first-order valence-electron chi connectivity index (χ1n) is 6.97. The van der Waals surface area contributed by atoms with Gasteiger partial charge in [-0.05, 0) is 34.7 Å². The first kappa shape index (κ1) is 16.4. The van der Waals surface area contributed by atoms with E-state index in [2.05, 4.69) is 16.5 Å². The van der Waals surface area contributed by atoms with Gasteiger partial charge >= 0.3 is 0 Å². The molecule has 0 atom stereocenters. The minimum atomic E-state index is -0.433. The maximum Gasteiger partial charge on any atom is 0.246 e. The molecule has 1 aromatic carbocycles. The summed E-state index contributed by atoms with van der Waals surface area (Å²) in [4.78, 5) is 23.7. The molecule has 120 valence electrons. The summed E-state index contributed by atoms with van der Waals surface area (Å²) < 4.78 is 14.7. The van der Waals surface area contributed by atoms with E-state index in [1.807, 2.05) is 27.5 Å². The van der Waals surface area contributed by atoms with Crippen molar-refractivity contribution in [3.8, 4) is 0 Å². The largest absolute Gasteiger partial charge is 0.352 e. The fourth-order valence-corrected chi connectivity index (χ4v) is 3.22. The summed E-state index contributed by atoms with van der Waals surface area (Å²) >= 11 is 7.96. The van der Waals surface area contributed by atoms with E-state index >= 15 is 0 Å². The molecule has 1 aromatic heterocycles. The number of anilines is 1. The van der Waals surface area contributed by atoms with Gasteiger partial charge in [0.05, 0.1) is 8.59 Å². The lowest BCUT2D eigenvalue weighted by atomic mass is 10.2. The number of aromatic nitrogens is 2. The molecule has 3 rings (SSSR count). The number of fused-ring (bicyclic) bond motifs is 1. The summed E-state index contributed by atoms with van der Waals surface area (Å²) in [7, 11) is 0. The Labute approximate surface area is 151 Å². The highest BCUT2D eigenvalue weighted by molar-refractivity contribution is 14.1. The number of piperazine rings is 1. The predicted octanol–water partition coefficient (Wildman–Crippen LogP) is 2.86. The van der Waals surface area contributed by atoms with Crippen LogP contribution in [0.15, 0.2) is 25.0 Å². The highest BCUT2D eigenvalue weighted by Gasteiger charge is 2.23. The molecule has 0 unspecified atom stereocenters. The van der Waals surface area contributed by atoms with Crippen LogP contribution in [0.25, 0.3) is 10.9 Å². The van der Waals surface area contributed by atoms with Gasteiger partial charge in [0.2, 0.25) is 5.91 Å². The van der Waals surface area contributed by atoms with Crippen molar-refractivity contribution in [3.63, 3.8) is 0 Å². The van der Waals surface area contributed by atoms with Crippen molar-refractivity contribution in [2.75, 3.05) is 31.1 Å². The van der Waals surface area contributed by atoms with Gasteiger partial charge in [0.15, 0.2) is 5.82 Å². The Morgan fingerprint density at radius 1 is 1.35 bits per heavy atom. The Kier molecular flexibility index (Phi) is 4.67. The topological polar surface area (TPSA) is 49.3 Å². The molecular formula is C15H13ClFIN4O. The fourth-order valence-electron chi connectivity index (χ4n) is 2.61. The normalized spacial score (nSPS) is 15.1. The van der Waals surface area contributed by atoms with Crippen LogP contribution in [0.1, 0.15) is 0 Å². The third-order valence-corrected chi connectivity index (χ3v) is 5.48. The van der Waals surface area contributed by atoms with Crippen LogP contribution < -0.4 is 4.90 Å². The predicted molar refractivity (Wildman–Crippen MR) is 96.2 cm³/mol. The number of amides is 1. The van der Waals surface area contributed by atoms with Crippen LogP contribution in [0, 0.1) is 9.39 Å². The van der Waals surface area contributed by atoms with Gasteiger partial charge in [0.1, 0.15) is 17.7 Å². The van der Waals surface area contributed by atoms with Gasteiger partial charge in [-0.1, -0.05) is 18.2 Å². The van der Waals surface area contributed by atoms with E-state index in [-0.39, 0.29) is 11.4 Å². The monoisotopic (exact) mass is 446 g/mol. The molecule has 2 heterocycles. The van der Waals surface area contributed by atoms with Gasteiger partial charge in [-0.3, -0.25) is 4.79 Å². The number of carbonyl (C=O) groups excluding carboxylic acids is 1. The quantitative estimate of drug-likeness (QED) is 0.404. The Balaban J connectivity index is 1.95. The van der Waals surface area contributed by atoms with Crippen LogP contribution in [0.4, 0.5) is 10.2 Å². The number of benzene rings is 1. The van der Waals surface area contributed by atoms with E-state index < -0.39 is 5.82 Å². The van der Waals surface area contributed by atoms with Gasteiger partial charge in [-0.25, -0.2) is 14.4 Å². The molecule has 0 radical (unpaired) electrons. The Hall–Kier alpha value is -1.48. The minimum absolute atomic E-state index is 0.0826. The maximum absolute atomic E-state index is 14.4. The summed E-state index contributed by atoms with van der Waals surface area (Å²) in [6.45, 7) is 5.85. The molecule has 1 aliphatic heterocycles. The molecule has 1 fully saturated rings. The second-order valence-corrected chi connectivity index (χ2v) is 6.58. The molecule has 0 spiro atoms. The molecule has 8 heteroatoms. The number of hydrogen-bond donors (Lipinski definition) is 0. The number of hydrogen-bond acceptors (Lipinski definition) is 4. The molecule has 23 heavy (non-hydrogen) atoms. The SMILES string of the molecule is C=CC(=O)N1CCN(c2ncnc3c(F)c(I)c(Cl)cc23)CC1. The zero-order chi connectivity index (χ0) is 16.6. The van der Waals surface area contributed by atoms with E-state index in [0.29, 0.717) is 46.0 Å². The second kappa shape index (κ2) is 6.56. The van der Waals surface area contributed by atoms with Crippen molar-refractivity contribution >= 4 is 56.8 Å². The van der Waals surface area contributed by atoms with Crippen LogP contribution in [0.3, 0.4) is 0 Å². The number of carbonyl (C=O) groups is 1. The van der Waals surface area contributed by atoms with E-state index in [1.165, 1.54) is 12.4 Å². The number of nitrogens with zero attached hydrogens (tertiary/aromatic N) is 4. The van der Waals surface area contributed by atoms with Crippen molar-refractivity contribution in [3.05, 3.63) is 39.5 Å². The third kappa shape index (κ3) is 2.99. The zero-order valence-corrected chi connectivity index (χ0v) is 15.0. The summed E-state index contributed by atoms with van der Waals surface area (Å²) in [5.74, 6) is 0.121. The smallest absolute Gasteiger partial charge is 0.246 e. The lowest BCUT2D eigenvalue weighted by molar-refractivity contribution is -0.126. The van der Waals surface area contributed by atoms with E-state index in [9.17, 15) is 9.18 Å². The van der Waals surface area contributed by atoms with Gasteiger partial charge < -0.3 is 9.80 Å². The van der Waals surface area contributed by atoms with Crippen molar-refractivity contribution in [1.82, 2.24) is 14.9 Å². The van der Waals surface area contributed by atoms with Crippen molar-refractivity contribution in [2.45, 2.75) is 0 Å². The molecule has 1 saturated heterocycles. The average Bonchev–Trinajstić information content (AvgIpc) is 2.59. The standard InChI is InChI=1S/C15H13ClFIN4O/c1-2-11(23)21-3-5-22(6-4-21)15-9-7-10(16)13(18)12(17)14(9)19-8-20-15/h2,7-8H,1,3-6H2. The minimum Gasteiger partial charge on any atom is -0.352 e. The van der Waals surface area contributed by atoms with Crippen LogP contribution in [0.2, 0.25) is 5.02 Å². The van der Waals surface area contributed by atoms with Gasteiger partial charge in [-0.2, -0.15) is 0 Å². The van der Waals surface area contributed by atoms with Crippen molar-refractivity contribution in [2.24, 2.45) is 0 Å². The molecule has 1 amide bonds. The average molecular weight is 447 g/mol. The Morgan fingerprint density at radius 3 is 2.70 bits per heavy atom. The molecular weight excluding hydrogens is 434 g/mol. The summed E-state index contributed by atoms with van der Waals surface area (Å²) in [6.07, 6.45) is 2.67. The van der Waals surface area contributed by atoms with Crippen LogP contribution >= 0.6 is 34.2 Å². The fraction of sp³-hybridized carbons (Fsp3) is 0.267. The summed E-state index contributed by atoms with van der Waals surface area (Å²) in [5, 5.41) is 0.922. The lowest BCUT2D eigenvalue weighted by Gasteiger charge is -2.35. The molecule has 2 aromatic rings. The molecule has 0 saturated carbocycles. The van der Waals surface area contributed by atoms with E-state index in [4.69, 9.17) is 11.6 Å². The van der Waals surface area contributed by atoms with Gasteiger partial charge in [0, 0.05) is 31.6 Å². The van der Waals surface area contributed by atoms with Crippen LogP contribution in [-0.2, 0) is 4.79 Å². The maximum atomic E-state index is 14.4. The van der Waals surface area contributed by atoms with Crippen molar-refractivity contribution in [1.29, 1.82) is 0 Å². The molecule has 1 aliphatic rings. The highest BCUT2D eigenvalue weighted by atomic mass is 127. The lowest BCUT2D eigenvalue weighted by Crippen LogP contribution is -2.48.